The van der Waals surface area contributed by atoms with Gasteiger partial charge in [-0.05, 0) is 43.0 Å². The maximum absolute atomic E-state index is 13.0. The second-order valence-electron chi connectivity index (χ2n) is 6.78. The standard InChI is InChI=1S/C21H26N2O4S/c1-27-19-11-5-3-9-17(19)13-14-22-21(24)18-10-4-6-12-20(18)28(25,26)23-15-7-2-8-16-23/h3-6,9-12H,2,7-8,13-16H2,1H3,(H,22,24). The van der Waals surface area contributed by atoms with Crippen molar-refractivity contribution in [3.05, 3.63) is 59.7 Å². The van der Waals surface area contributed by atoms with Crippen molar-refractivity contribution in [2.45, 2.75) is 30.6 Å². The highest BCUT2D eigenvalue weighted by Gasteiger charge is 2.29. The van der Waals surface area contributed by atoms with Crippen molar-refractivity contribution < 1.29 is 17.9 Å². The number of piperidine rings is 1. The lowest BCUT2D eigenvalue weighted by Gasteiger charge is -2.26. The van der Waals surface area contributed by atoms with Crippen LogP contribution in [0, 0.1) is 0 Å². The molecular weight excluding hydrogens is 376 g/mol. The molecule has 1 fully saturated rings. The van der Waals surface area contributed by atoms with E-state index in [1.165, 1.54) is 10.4 Å². The molecule has 28 heavy (non-hydrogen) atoms. The van der Waals surface area contributed by atoms with Crippen LogP contribution in [0.3, 0.4) is 0 Å². The number of ether oxygens (including phenoxy) is 1. The molecule has 6 nitrogen and oxygen atoms in total. The zero-order chi connectivity index (χ0) is 20.0. The zero-order valence-electron chi connectivity index (χ0n) is 16.1. The first-order valence-corrected chi connectivity index (χ1v) is 11.0. The van der Waals surface area contributed by atoms with Crippen molar-refractivity contribution >= 4 is 15.9 Å². The maximum Gasteiger partial charge on any atom is 0.252 e. The van der Waals surface area contributed by atoms with Gasteiger partial charge in [-0.15, -0.1) is 0 Å². The summed E-state index contributed by atoms with van der Waals surface area (Å²) in [7, 11) is -2.06. The molecule has 0 unspecified atom stereocenters. The van der Waals surface area contributed by atoms with E-state index in [4.69, 9.17) is 4.74 Å². The molecular formula is C21H26N2O4S. The van der Waals surface area contributed by atoms with E-state index in [1.54, 1.807) is 25.3 Å². The predicted molar refractivity (Wildman–Crippen MR) is 108 cm³/mol. The molecule has 1 amide bonds. The summed E-state index contributed by atoms with van der Waals surface area (Å²) in [6.07, 6.45) is 3.34. The minimum atomic E-state index is -3.67. The third-order valence-electron chi connectivity index (χ3n) is 4.94. The SMILES string of the molecule is COc1ccccc1CCNC(=O)c1ccccc1S(=O)(=O)N1CCCCC1. The van der Waals surface area contributed by atoms with Crippen molar-refractivity contribution in [2.24, 2.45) is 0 Å². The topological polar surface area (TPSA) is 75.7 Å². The van der Waals surface area contributed by atoms with Crippen LogP contribution in [0.4, 0.5) is 0 Å². The minimum absolute atomic E-state index is 0.0756. The number of nitrogens with one attached hydrogen (secondary N) is 1. The van der Waals surface area contributed by atoms with E-state index in [0.29, 0.717) is 26.1 Å². The number of carbonyl (C=O) groups excluding carboxylic acids is 1. The summed E-state index contributed by atoms with van der Waals surface area (Å²) in [4.78, 5) is 12.8. The van der Waals surface area contributed by atoms with E-state index in [9.17, 15) is 13.2 Å². The molecule has 1 N–H and O–H groups in total. The Balaban J connectivity index is 1.72. The summed E-state index contributed by atoms with van der Waals surface area (Å²) in [6, 6.07) is 14.0. The van der Waals surface area contributed by atoms with Crippen molar-refractivity contribution in [3.63, 3.8) is 0 Å². The first-order chi connectivity index (χ1) is 13.5. The second kappa shape index (κ2) is 9.21. The number of para-hydroxylation sites is 1. The van der Waals surface area contributed by atoms with Gasteiger partial charge in [-0.3, -0.25) is 4.79 Å². The molecule has 1 aliphatic rings. The molecule has 1 saturated heterocycles. The van der Waals surface area contributed by atoms with Crippen LogP contribution in [0.5, 0.6) is 5.75 Å². The normalized spacial score (nSPS) is 15.2. The molecule has 2 aromatic carbocycles. The molecule has 0 aromatic heterocycles. The molecule has 0 spiro atoms. The van der Waals surface area contributed by atoms with Gasteiger partial charge in [0.2, 0.25) is 10.0 Å². The number of hydrogen-bond acceptors (Lipinski definition) is 4. The predicted octanol–water partition coefficient (Wildman–Crippen LogP) is 2.84. The second-order valence-corrected chi connectivity index (χ2v) is 8.69. The lowest BCUT2D eigenvalue weighted by Crippen LogP contribution is -2.37. The average Bonchev–Trinajstić information content (AvgIpc) is 2.74. The van der Waals surface area contributed by atoms with Crippen LogP contribution in [-0.2, 0) is 16.4 Å². The first-order valence-electron chi connectivity index (χ1n) is 9.53. The van der Waals surface area contributed by atoms with Crippen LogP contribution >= 0.6 is 0 Å². The maximum atomic E-state index is 13.0. The van der Waals surface area contributed by atoms with Crippen LogP contribution < -0.4 is 10.1 Å². The summed E-state index contributed by atoms with van der Waals surface area (Å²) in [5.41, 5.74) is 1.17. The Morgan fingerprint density at radius 1 is 1.04 bits per heavy atom. The molecule has 2 aromatic rings. The number of sulfonamides is 1. The van der Waals surface area contributed by atoms with Crippen molar-refractivity contribution in [1.82, 2.24) is 9.62 Å². The van der Waals surface area contributed by atoms with E-state index in [1.807, 2.05) is 24.3 Å². The zero-order valence-corrected chi connectivity index (χ0v) is 16.9. The van der Waals surface area contributed by atoms with Gasteiger partial charge in [-0.25, -0.2) is 8.42 Å². The average molecular weight is 403 g/mol. The fourth-order valence-corrected chi connectivity index (χ4v) is 5.15. The summed E-state index contributed by atoms with van der Waals surface area (Å²) in [6.45, 7) is 1.40. The van der Waals surface area contributed by atoms with Gasteiger partial charge in [0.1, 0.15) is 5.75 Å². The Hall–Kier alpha value is -2.38. The highest BCUT2D eigenvalue weighted by atomic mass is 32.2. The Bertz CT molecular complexity index is 922. The van der Waals surface area contributed by atoms with Crippen molar-refractivity contribution in [2.75, 3.05) is 26.7 Å². The number of amides is 1. The fraction of sp³-hybridized carbons (Fsp3) is 0.381. The van der Waals surface area contributed by atoms with E-state index in [0.717, 1.165) is 30.6 Å². The van der Waals surface area contributed by atoms with Gasteiger partial charge < -0.3 is 10.1 Å². The quantitative estimate of drug-likeness (QED) is 0.773. The Morgan fingerprint density at radius 3 is 2.46 bits per heavy atom. The lowest BCUT2D eigenvalue weighted by molar-refractivity contribution is 0.0950. The summed E-state index contributed by atoms with van der Waals surface area (Å²) < 4.78 is 32.8. The Labute approximate surface area is 166 Å². The number of carbonyl (C=O) groups is 1. The Morgan fingerprint density at radius 2 is 1.71 bits per heavy atom. The van der Waals surface area contributed by atoms with Gasteiger partial charge in [0, 0.05) is 19.6 Å². The highest BCUT2D eigenvalue weighted by Crippen LogP contribution is 2.23. The molecule has 0 saturated carbocycles. The minimum Gasteiger partial charge on any atom is -0.496 e. The number of nitrogens with zero attached hydrogens (tertiary/aromatic N) is 1. The largest absolute Gasteiger partial charge is 0.496 e. The molecule has 0 aliphatic carbocycles. The Kier molecular flexibility index (Phi) is 6.70. The van der Waals surface area contributed by atoms with E-state index < -0.39 is 10.0 Å². The molecule has 0 atom stereocenters. The number of hydrogen-bond donors (Lipinski definition) is 1. The molecule has 0 bridgehead atoms. The third kappa shape index (κ3) is 4.54. The molecule has 1 aliphatic heterocycles. The van der Waals surface area contributed by atoms with E-state index in [-0.39, 0.29) is 16.4 Å². The first kappa shape index (κ1) is 20.4. The number of rotatable bonds is 7. The van der Waals surface area contributed by atoms with Crippen LogP contribution in [0.15, 0.2) is 53.4 Å². The van der Waals surface area contributed by atoms with Crippen LogP contribution in [0.2, 0.25) is 0 Å². The van der Waals surface area contributed by atoms with Gasteiger partial charge in [-0.2, -0.15) is 4.31 Å². The van der Waals surface area contributed by atoms with Crippen molar-refractivity contribution in [1.29, 1.82) is 0 Å². The molecule has 1 heterocycles. The van der Waals surface area contributed by atoms with E-state index in [2.05, 4.69) is 5.32 Å². The fourth-order valence-electron chi connectivity index (χ4n) is 3.44. The van der Waals surface area contributed by atoms with Gasteiger partial charge in [-0.1, -0.05) is 36.8 Å². The van der Waals surface area contributed by atoms with Crippen molar-refractivity contribution in [3.8, 4) is 5.75 Å². The summed E-state index contributed by atoms with van der Waals surface area (Å²) in [5.74, 6) is 0.385. The van der Waals surface area contributed by atoms with Crippen LogP contribution in [-0.4, -0.2) is 45.4 Å². The summed E-state index contributed by atoms with van der Waals surface area (Å²) in [5, 5.41) is 2.84. The molecule has 0 radical (unpaired) electrons. The van der Waals surface area contributed by atoms with Crippen LogP contribution in [0.1, 0.15) is 35.2 Å². The monoisotopic (exact) mass is 402 g/mol. The van der Waals surface area contributed by atoms with Crippen LogP contribution in [0.25, 0.3) is 0 Å². The molecule has 3 rings (SSSR count). The lowest BCUT2D eigenvalue weighted by atomic mass is 10.1. The third-order valence-corrected chi connectivity index (χ3v) is 6.89. The highest BCUT2D eigenvalue weighted by molar-refractivity contribution is 7.89. The van der Waals surface area contributed by atoms with Gasteiger partial charge in [0.15, 0.2) is 0 Å². The van der Waals surface area contributed by atoms with Gasteiger partial charge >= 0.3 is 0 Å². The molecule has 150 valence electrons. The van der Waals surface area contributed by atoms with Gasteiger partial charge in [0.05, 0.1) is 17.6 Å². The smallest absolute Gasteiger partial charge is 0.252 e. The van der Waals surface area contributed by atoms with Gasteiger partial charge in [0.25, 0.3) is 5.91 Å². The number of methoxy groups -OCH3 is 1. The summed E-state index contributed by atoms with van der Waals surface area (Å²) >= 11 is 0. The molecule has 7 heteroatoms. The number of benzene rings is 2. The van der Waals surface area contributed by atoms with E-state index >= 15 is 0 Å².